The molecule has 24 heavy (non-hydrogen) atoms. The second-order valence-corrected chi connectivity index (χ2v) is 5.80. The fourth-order valence-electron chi connectivity index (χ4n) is 1.71. The Morgan fingerprint density at radius 3 is 2.42 bits per heavy atom. The molecule has 0 fully saturated rings. The normalized spacial score (nSPS) is 11.4. The van der Waals surface area contributed by atoms with Crippen LogP contribution in [-0.2, 0) is 14.3 Å². The predicted molar refractivity (Wildman–Crippen MR) is 90.1 cm³/mol. The van der Waals surface area contributed by atoms with Gasteiger partial charge in [0.1, 0.15) is 17.4 Å². The predicted octanol–water partition coefficient (Wildman–Crippen LogP) is 2.45. The second-order valence-electron chi connectivity index (χ2n) is 5.80. The van der Waals surface area contributed by atoms with Crippen LogP contribution in [-0.4, -0.2) is 31.1 Å². The Morgan fingerprint density at radius 1 is 1.29 bits per heavy atom. The molecule has 1 rings (SSSR count). The van der Waals surface area contributed by atoms with Crippen LogP contribution in [0.5, 0.6) is 5.75 Å². The number of nitriles is 1. The highest BCUT2D eigenvalue weighted by Gasteiger charge is 2.19. The van der Waals surface area contributed by atoms with E-state index in [9.17, 15) is 9.59 Å². The van der Waals surface area contributed by atoms with Gasteiger partial charge in [-0.15, -0.1) is 0 Å². The first-order valence-corrected chi connectivity index (χ1v) is 7.55. The van der Waals surface area contributed by atoms with Gasteiger partial charge in [0, 0.05) is 5.54 Å². The first-order valence-electron chi connectivity index (χ1n) is 7.55. The van der Waals surface area contributed by atoms with Crippen molar-refractivity contribution in [1.29, 1.82) is 5.26 Å². The second kappa shape index (κ2) is 8.73. The van der Waals surface area contributed by atoms with Crippen LogP contribution in [0.15, 0.2) is 29.8 Å². The van der Waals surface area contributed by atoms with Crippen LogP contribution < -0.4 is 10.1 Å². The van der Waals surface area contributed by atoms with E-state index in [0.717, 1.165) is 6.42 Å². The lowest BCUT2D eigenvalue weighted by Gasteiger charge is -2.24. The van der Waals surface area contributed by atoms with Gasteiger partial charge in [-0.3, -0.25) is 4.79 Å². The number of benzene rings is 1. The third kappa shape index (κ3) is 6.13. The Labute approximate surface area is 142 Å². The molecule has 0 aliphatic carbocycles. The van der Waals surface area contributed by atoms with Gasteiger partial charge in [-0.25, -0.2) is 4.79 Å². The summed E-state index contributed by atoms with van der Waals surface area (Å²) in [7, 11) is 1.55. The van der Waals surface area contributed by atoms with Crippen LogP contribution >= 0.6 is 0 Å². The summed E-state index contributed by atoms with van der Waals surface area (Å²) in [6, 6.07) is 8.63. The fourth-order valence-corrected chi connectivity index (χ4v) is 1.71. The molecule has 0 aromatic heterocycles. The summed E-state index contributed by atoms with van der Waals surface area (Å²) in [5.41, 5.74) is 0.101. The zero-order chi connectivity index (χ0) is 18.2. The molecule has 6 nitrogen and oxygen atoms in total. The van der Waals surface area contributed by atoms with Crippen LogP contribution in [0.1, 0.15) is 32.8 Å². The number of nitrogens with one attached hydrogen (secondary N) is 1. The topological polar surface area (TPSA) is 88.4 Å². The number of amides is 1. The summed E-state index contributed by atoms with van der Waals surface area (Å²) in [5.74, 6) is -0.571. The summed E-state index contributed by atoms with van der Waals surface area (Å²) in [6.45, 7) is 5.26. The van der Waals surface area contributed by atoms with Gasteiger partial charge in [-0.1, -0.05) is 19.1 Å². The zero-order valence-electron chi connectivity index (χ0n) is 14.4. The number of carbonyl (C=O) groups is 2. The number of nitrogens with zero attached hydrogens (tertiary/aromatic N) is 1. The molecule has 1 aromatic rings. The van der Waals surface area contributed by atoms with Crippen LogP contribution in [0.3, 0.4) is 0 Å². The Bertz CT molecular complexity index is 655. The third-order valence-electron chi connectivity index (χ3n) is 3.46. The zero-order valence-corrected chi connectivity index (χ0v) is 14.4. The standard InChI is InChI=1S/C18H22N2O4/c1-5-18(2,3)20-16(21)12-24-17(22)14(11-19)10-13-6-8-15(23-4)9-7-13/h6-10H,5,12H2,1-4H3,(H,20,21)/b14-10+. The maximum Gasteiger partial charge on any atom is 0.349 e. The molecular weight excluding hydrogens is 308 g/mol. The molecule has 6 heteroatoms. The van der Waals surface area contributed by atoms with Gasteiger partial charge in [0.2, 0.25) is 0 Å². The van der Waals surface area contributed by atoms with Gasteiger partial charge in [0.15, 0.2) is 6.61 Å². The molecule has 0 saturated carbocycles. The highest BCUT2D eigenvalue weighted by molar-refractivity contribution is 5.98. The average Bonchev–Trinajstić information content (AvgIpc) is 2.57. The van der Waals surface area contributed by atoms with Crippen LogP contribution in [0.4, 0.5) is 0 Å². The third-order valence-corrected chi connectivity index (χ3v) is 3.46. The van der Waals surface area contributed by atoms with E-state index in [1.54, 1.807) is 37.4 Å². The number of ether oxygens (including phenoxy) is 2. The Morgan fingerprint density at radius 2 is 1.92 bits per heavy atom. The Kier molecular flexibility index (Phi) is 6.99. The van der Waals surface area contributed by atoms with Crippen LogP contribution in [0, 0.1) is 11.3 Å². The summed E-state index contributed by atoms with van der Waals surface area (Å²) in [6.07, 6.45) is 2.14. The molecule has 0 aliphatic heterocycles. The molecule has 1 amide bonds. The van der Waals surface area contributed by atoms with Crippen molar-refractivity contribution in [1.82, 2.24) is 5.32 Å². The lowest BCUT2D eigenvalue weighted by molar-refractivity contribution is -0.144. The first kappa shape index (κ1) is 19.2. The minimum absolute atomic E-state index is 0.178. The molecule has 0 aliphatic rings. The lowest BCUT2D eigenvalue weighted by Crippen LogP contribution is -2.44. The molecule has 1 aromatic carbocycles. The van der Waals surface area contributed by atoms with Crippen molar-refractivity contribution in [3.63, 3.8) is 0 Å². The molecule has 1 N–H and O–H groups in total. The Hall–Kier alpha value is -2.81. The van der Waals surface area contributed by atoms with Crippen molar-refractivity contribution in [2.45, 2.75) is 32.7 Å². The number of rotatable bonds is 7. The van der Waals surface area contributed by atoms with Crippen molar-refractivity contribution >= 4 is 18.0 Å². The number of methoxy groups -OCH3 is 1. The number of hydrogen-bond acceptors (Lipinski definition) is 5. The van der Waals surface area contributed by atoms with E-state index in [1.165, 1.54) is 6.08 Å². The van der Waals surface area contributed by atoms with E-state index < -0.39 is 18.5 Å². The quantitative estimate of drug-likeness (QED) is 0.471. The molecule has 0 spiro atoms. The lowest BCUT2D eigenvalue weighted by atomic mass is 10.0. The molecule has 0 unspecified atom stereocenters. The highest BCUT2D eigenvalue weighted by Crippen LogP contribution is 2.14. The molecule has 128 valence electrons. The van der Waals surface area contributed by atoms with Gasteiger partial charge < -0.3 is 14.8 Å². The van der Waals surface area contributed by atoms with E-state index in [2.05, 4.69) is 5.32 Å². The molecular formula is C18H22N2O4. The van der Waals surface area contributed by atoms with Crippen LogP contribution in [0.25, 0.3) is 6.08 Å². The van der Waals surface area contributed by atoms with Crippen molar-refractivity contribution in [2.24, 2.45) is 0 Å². The summed E-state index contributed by atoms with van der Waals surface area (Å²) in [5, 5.41) is 11.9. The van der Waals surface area contributed by atoms with Gasteiger partial charge in [0.05, 0.1) is 7.11 Å². The molecule has 0 bridgehead atoms. The van der Waals surface area contributed by atoms with Gasteiger partial charge in [-0.05, 0) is 44.0 Å². The number of carbonyl (C=O) groups excluding carboxylic acids is 2. The molecule has 0 atom stereocenters. The monoisotopic (exact) mass is 330 g/mol. The Balaban J connectivity index is 2.68. The van der Waals surface area contributed by atoms with Gasteiger partial charge in [0.25, 0.3) is 5.91 Å². The summed E-state index contributed by atoms with van der Waals surface area (Å²) < 4.78 is 9.94. The summed E-state index contributed by atoms with van der Waals surface area (Å²) >= 11 is 0. The molecule has 0 saturated heterocycles. The first-order chi connectivity index (χ1) is 11.3. The SMILES string of the molecule is CCC(C)(C)NC(=O)COC(=O)/C(C#N)=C/c1ccc(OC)cc1. The van der Waals surface area contributed by atoms with Gasteiger partial charge in [-0.2, -0.15) is 5.26 Å². The maximum absolute atomic E-state index is 11.9. The van der Waals surface area contributed by atoms with Crippen molar-refractivity contribution in [3.05, 3.63) is 35.4 Å². The van der Waals surface area contributed by atoms with E-state index in [0.29, 0.717) is 11.3 Å². The maximum atomic E-state index is 11.9. The van der Waals surface area contributed by atoms with Crippen molar-refractivity contribution in [3.8, 4) is 11.8 Å². The average molecular weight is 330 g/mol. The fraction of sp³-hybridized carbons (Fsp3) is 0.389. The van der Waals surface area contributed by atoms with E-state index in [-0.39, 0.29) is 11.1 Å². The minimum atomic E-state index is -0.835. The van der Waals surface area contributed by atoms with E-state index in [4.69, 9.17) is 14.7 Å². The highest BCUT2D eigenvalue weighted by atomic mass is 16.5. The molecule has 0 radical (unpaired) electrons. The minimum Gasteiger partial charge on any atom is -0.497 e. The van der Waals surface area contributed by atoms with Crippen molar-refractivity contribution < 1.29 is 19.1 Å². The number of hydrogen-bond donors (Lipinski definition) is 1. The van der Waals surface area contributed by atoms with E-state index in [1.807, 2.05) is 20.8 Å². The van der Waals surface area contributed by atoms with Gasteiger partial charge >= 0.3 is 5.97 Å². The van der Waals surface area contributed by atoms with Crippen LogP contribution in [0.2, 0.25) is 0 Å². The molecule has 0 heterocycles. The largest absolute Gasteiger partial charge is 0.497 e. The summed E-state index contributed by atoms with van der Waals surface area (Å²) in [4.78, 5) is 23.7. The smallest absolute Gasteiger partial charge is 0.349 e. The number of esters is 1. The van der Waals surface area contributed by atoms with Crippen molar-refractivity contribution in [2.75, 3.05) is 13.7 Å². The van der Waals surface area contributed by atoms with E-state index >= 15 is 0 Å².